The minimum Gasteiger partial charge on any atom is -0.396 e. The molecule has 0 saturated carbocycles. The zero-order chi connectivity index (χ0) is 14.0. The van der Waals surface area contributed by atoms with Gasteiger partial charge in [0, 0.05) is 25.9 Å². The smallest absolute Gasteiger partial charge is 0.396 e. The van der Waals surface area contributed by atoms with Gasteiger partial charge >= 0.3 is 6.18 Å². The van der Waals surface area contributed by atoms with Gasteiger partial charge in [0.1, 0.15) is 5.82 Å². The molecule has 19 heavy (non-hydrogen) atoms. The highest BCUT2D eigenvalue weighted by Crippen LogP contribution is 2.34. The summed E-state index contributed by atoms with van der Waals surface area (Å²) in [5, 5.41) is 9.17. The predicted octanol–water partition coefficient (Wildman–Crippen LogP) is 3.07. The molecule has 7 heteroatoms. The van der Waals surface area contributed by atoms with Crippen LogP contribution < -0.4 is 4.90 Å². The fourth-order valence-electron chi connectivity index (χ4n) is 2.22. The summed E-state index contributed by atoms with van der Waals surface area (Å²) in [6.45, 7) is 1.45. The SMILES string of the molecule is OCC1CCCN(c2ncc(C(F)(F)F)cc2Br)C1. The average Bonchev–Trinajstić information content (AvgIpc) is 2.37. The summed E-state index contributed by atoms with van der Waals surface area (Å²) in [6, 6.07) is 1.05. The van der Waals surface area contributed by atoms with Crippen molar-refractivity contribution < 1.29 is 18.3 Å². The lowest BCUT2D eigenvalue weighted by atomic mass is 9.99. The lowest BCUT2D eigenvalue weighted by Gasteiger charge is -2.33. The van der Waals surface area contributed by atoms with E-state index in [0.717, 1.165) is 31.6 Å². The third-order valence-electron chi connectivity index (χ3n) is 3.23. The van der Waals surface area contributed by atoms with Crippen molar-refractivity contribution in [2.24, 2.45) is 5.92 Å². The van der Waals surface area contributed by atoms with Crippen LogP contribution >= 0.6 is 15.9 Å². The zero-order valence-corrected chi connectivity index (χ0v) is 11.7. The number of aliphatic hydroxyl groups excluding tert-OH is 1. The Morgan fingerprint density at radius 2 is 2.21 bits per heavy atom. The molecule has 1 aliphatic heterocycles. The van der Waals surface area contributed by atoms with Crippen LogP contribution in [0.25, 0.3) is 0 Å². The number of anilines is 1. The summed E-state index contributed by atoms with van der Waals surface area (Å²) in [4.78, 5) is 5.83. The number of rotatable bonds is 2. The number of alkyl halides is 3. The van der Waals surface area contributed by atoms with Gasteiger partial charge in [-0.3, -0.25) is 0 Å². The van der Waals surface area contributed by atoms with Crippen molar-refractivity contribution in [3.63, 3.8) is 0 Å². The van der Waals surface area contributed by atoms with Gasteiger partial charge in [-0.1, -0.05) is 0 Å². The van der Waals surface area contributed by atoms with Gasteiger partial charge in [0.05, 0.1) is 10.0 Å². The topological polar surface area (TPSA) is 36.4 Å². The fraction of sp³-hybridized carbons (Fsp3) is 0.583. The van der Waals surface area contributed by atoms with E-state index in [1.165, 1.54) is 0 Å². The highest BCUT2D eigenvalue weighted by atomic mass is 79.9. The predicted molar refractivity (Wildman–Crippen MR) is 69.0 cm³/mol. The van der Waals surface area contributed by atoms with Gasteiger partial charge in [-0.15, -0.1) is 0 Å². The summed E-state index contributed by atoms with van der Waals surface area (Å²) >= 11 is 3.15. The molecule has 0 spiro atoms. The van der Waals surface area contributed by atoms with Crippen LogP contribution in [-0.4, -0.2) is 29.8 Å². The normalized spacial score (nSPS) is 20.7. The highest BCUT2D eigenvalue weighted by Gasteiger charge is 2.32. The highest BCUT2D eigenvalue weighted by molar-refractivity contribution is 9.10. The van der Waals surface area contributed by atoms with E-state index in [1.54, 1.807) is 0 Å². The van der Waals surface area contributed by atoms with Crippen molar-refractivity contribution in [3.05, 3.63) is 22.3 Å². The Hall–Kier alpha value is -0.820. The largest absolute Gasteiger partial charge is 0.417 e. The van der Waals surface area contributed by atoms with Crippen molar-refractivity contribution in [1.29, 1.82) is 0 Å². The van der Waals surface area contributed by atoms with E-state index < -0.39 is 11.7 Å². The van der Waals surface area contributed by atoms with E-state index in [-0.39, 0.29) is 12.5 Å². The molecule has 1 N–H and O–H groups in total. The number of aliphatic hydroxyl groups is 1. The van der Waals surface area contributed by atoms with E-state index in [4.69, 9.17) is 5.11 Å². The van der Waals surface area contributed by atoms with Gasteiger partial charge in [-0.05, 0) is 40.8 Å². The first kappa shape index (κ1) is 14.6. The lowest BCUT2D eigenvalue weighted by molar-refractivity contribution is -0.137. The molecule has 1 fully saturated rings. The van der Waals surface area contributed by atoms with Gasteiger partial charge in [-0.2, -0.15) is 13.2 Å². The number of hydrogen-bond donors (Lipinski definition) is 1. The Kier molecular flexibility index (Phi) is 4.35. The van der Waals surface area contributed by atoms with Crippen LogP contribution in [0.15, 0.2) is 16.7 Å². The number of aromatic nitrogens is 1. The summed E-state index contributed by atoms with van der Waals surface area (Å²) in [5.74, 6) is 0.663. The summed E-state index contributed by atoms with van der Waals surface area (Å²) in [5.41, 5.74) is -0.765. The first-order valence-corrected chi connectivity index (χ1v) is 6.79. The van der Waals surface area contributed by atoms with Gasteiger partial charge in [-0.25, -0.2) is 4.98 Å². The second kappa shape index (κ2) is 5.66. The number of piperidine rings is 1. The van der Waals surface area contributed by atoms with E-state index in [1.807, 2.05) is 4.90 Å². The van der Waals surface area contributed by atoms with Gasteiger partial charge < -0.3 is 10.0 Å². The number of nitrogens with zero attached hydrogens (tertiary/aromatic N) is 2. The Balaban J connectivity index is 2.21. The summed E-state index contributed by atoms with van der Waals surface area (Å²) in [6.07, 6.45) is -1.70. The maximum absolute atomic E-state index is 12.6. The maximum atomic E-state index is 12.6. The van der Waals surface area contributed by atoms with Crippen molar-refractivity contribution in [2.45, 2.75) is 19.0 Å². The van der Waals surface area contributed by atoms with Crippen LogP contribution in [0.1, 0.15) is 18.4 Å². The molecule has 1 saturated heterocycles. The van der Waals surface area contributed by atoms with Gasteiger partial charge in [0.2, 0.25) is 0 Å². The van der Waals surface area contributed by atoms with Crippen molar-refractivity contribution in [2.75, 3.05) is 24.6 Å². The maximum Gasteiger partial charge on any atom is 0.417 e. The molecule has 1 unspecified atom stereocenters. The molecule has 0 bridgehead atoms. The number of pyridine rings is 1. The molecule has 1 atom stereocenters. The van der Waals surface area contributed by atoms with Crippen LogP contribution in [0, 0.1) is 5.92 Å². The van der Waals surface area contributed by atoms with E-state index in [0.29, 0.717) is 16.8 Å². The molecule has 0 aliphatic carbocycles. The first-order valence-electron chi connectivity index (χ1n) is 6.00. The Morgan fingerprint density at radius 1 is 1.47 bits per heavy atom. The Morgan fingerprint density at radius 3 is 2.79 bits per heavy atom. The van der Waals surface area contributed by atoms with Crippen LogP contribution in [-0.2, 0) is 6.18 Å². The molecule has 0 aromatic carbocycles. The van der Waals surface area contributed by atoms with E-state index in [2.05, 4.69) is 20.9 Å². The molecule has 0 radical (unpaired) electrons. The quantitative estimate of drug-likeness (QED) is 0.900. The molecule has 1 aromatic rings. The number of hydrogen-bond acceptors (Lipinski definition) is 3. The molecule has 3 nitrogen and oxygen atoms in total. The van der Waals surface area contributed by atoms with Crippen LogP contribution in [0.2, 0.25) is 0 Å². The number of halogens is 4. The summed E-state index contributed by atoms with van der Waals surface area (Å²) < 4.78 is 38.0. The third kappa shape index (κ3) is 3.39. The van der Waals surface area contributed by atoms with Crippen molar-refractivity contribution in [3.8, 4) is 0 Å². The van der Waals surface area contributed by atoms with Crippen LogP contribution in [0.5, 0.6) is 0 Å². The van der Waals surface area contributed by atoms with Gasteiger partial charge in [0.15, 0.2) is 0 Å². The Bertz CT molecular complexity index is 453. The molecular weight excluding hydrogens is 325 g/mol. The first-order chi connectivity index (χ1) is 8.91. The summed E-state index contributed by atoms with van der Waals surface area (Å²) in [7, 11) is 0. The third-order valence-corrected chi connectivity index (χ3v) is 3.81. The molecule has 2 heterocycles. The van der Waals surface area contributed by atoms with Crippen LogP contribution in [0.3, 0.4) is 0 Å². The molecule has 0 amide bonds. The molecule has 106 valence electrons. The second-order valence-corrected chi connectivity index (χ2v) is 5.52. The Labute approximate surface area is 117 Å². The van der Waals surface area contributed by atoms with Gasteiger partial charge in [0.25, 0.3) is 0 Å². The van der Waals surface area contributed by atoms with Crippen LogP contribution in [0.4, 0.5) is 19.0 Å². The van der Waals surface area contributed by atoms with Crippen molar-refractivity contribution >= 4 is 21.7 Å². The molecule has 1 aromatic heterocycles. The molecule has 1 aliphatic rings. The van der Waals surface area contributed by atoms with Crippen molar-refractivity contribution in [1.82, 2.24) is 4.98 Å². The van der Waals surface area contributed by atoms with E-state index in [9.17, 15) is 13.2 Å². The second-order valence-electron chi connectivity index (χ2n) is 4.66. The van der Waals surface area contributed by atoms with E-state index >= 15 is 0 Å². The monoisotopic (exact) mass is 338 g/mol. The zero-order valence-electron chi connectivity index (χ0n) is 10.1. The molecular formula is C12H14BrF3N2O. The minimum absolute atomic E-state index is 0.0920. The fourth-order valence-corrected chi connectivity index (χ4v) is 2.82. The standard InChI is InChI=1S/C12H14BrF3N2O/c13-10-4-9(12(14,15)16)5-17-11(10)18-3-1-2-8(6-18)7-19/h4-5,8,19H,1-3,6-7H2. The minimum atomic E-state index is -4.39. The molecule has 2 rings (SSSR count). The average molecular weight is 339 g/mol. The lowest BCUT2D eigenvalue weighted by Crippen LogP contribution is -2.37.